The van der Waals surface area contributed by atoms with Crippen molar-refractivity contribution in [3.63, 3.8) is 0 Å². The van der Waals surface area contributed by atoms with Gasteiger partial charge in [-0.2, -0.15) is 13.2 Å². The molecular weight excluding hydrogens is 261 g/mol. The summed E-state index contributed by atoms with van der Waals surface area (Å²) in [7, 11) is 0. The van der Waals surface area contributed by atoms with Gasteiger partial charge in [-0.3, -0.25) is 0 Å². The number of hydrogen-bond donors (Lipinski definition) is 1. The zero-order valence-electron chi connectivity index (χ0n) is 10.8. The molecule has 0 aromatic heterocycles. The first-order valence-corrected chi connectivity index (χ1v) is 5.97. The molecule has 0 aliphatic heterocycles. The third-order valence-electron chi connectivity index (χ3n) is 2.45. The molecule has 1 aromatic carbocycles. The van der Waals surface area contributed by atoms with E-state index in [1.54, 1.807) is 13.8 Å². The Labute approximate surface area is 110 Å². The lowest BCUT2D eigenvalue weighted by Gasteiger charge is -2.27. The first-order valence-electron chi connectivity index (χ1n) is 5.97. The molecule has 19 heavy (non-hydrogen) atoms. The normalized spacial score (nSPS) is 12.7. The molecule has 0 atom stereocenters. The van der Waals surface area contributed by atoms with Gasteiger partial charge in [0, 0.05) is 13.2 Å². The van der Waals surface area contributed by atoms with Crippen LogP contribution in [0, 0.1) is 0 Å². The number of aliphatic hydroxyl groups is 1. The Kier molecular flexibility index (Phi) is 5.34. The van der Waals surface area contributed by atoms with E-state index in [4.69, 9.17) is 9.47 Å². The van der Waals surface area contributed by atoms with E-state index >= 15 is 0 Å². The Morgan fingerprint density at radius 3 is 1.84 bits per heavy atom. The topological polar surface area (TPSA) is 38.7 Å². The summed E-state index contributed by atoms with van der Waals surface area (Å²) in [6.45, 7) is 3.85. The van der Waals surface area contributed by atoms with Crippen molar-refractivity contribution in [3.05, 3.63) is 35.4 Å². The highest BCUT2D eigenvalue weighted by molar-refractivity contribution is 5.25. The van der Waals surface area contributed by atoms with Gasteiger partial charge in [-0.05, 0) is 31.5 Å². The summed E-state index contributed by atoms with van der Waals surface area (Å²) in [6.07, 6.45) is -4.40. The van der Waals surface area contributed by atoms with E-state index in [1.807, 2.05) is 0 Å². The molecule has 108 valence electrons. The van der Waals surface area contributed by atoms with Crippen LogP contribution in [-0.2, 0) is 22.1 Å². The molecule has 0 bridgehead atoms. The van der Waals surface area contributed by atoms with Crippen LogP contribution in [0.15, 0.2) is 24.3 Å². The second kappa shape index (κ2) is 6.36. The van der Waals surface area contributed by atoms with E-state index in [0.29, 0.717) is 5.56 Å². The third kappa shape index (κ3) is 4.81. The van der Waals surface area contributed by atoms with Gasteiger partial charge in [0.2, 0.25) is 0 Å². The van der Waals surface area contributed by atoms with Gasteiger partial charge >= 0.3 is 6.18 Å². The van der Waals surface area contributed by atoms with Crippen LogP contribution >= 0.6 is 0 Å². The Morgan fingerprint density at radius 1 is 1.00 bits per heavy atom. The number of benzene rings is 1. The van der Waals surface area contributed by atoms with Gasteiger partial charge in [0.1, 0.15) is 0 Å². The van der Waals surface area contributed by atoms with Gasteiger partial charge < -0.3 is 14.6 Å². The lowest BCUT2D eigenvalue weighted by atomic mass is 10.1. The predicted molar refractivity (Wildman–Crippen MR) is 63.3 cm³/mol. The number of hydrogen-bond acceptors (Lipinski definition) is 3. The molecular formula is C13H17F3O3. The van der Waals surface area contributed by atoms with E-state index in [9.17, 15) is 18.3 Å². The molecule has 0 aliphatic rings. The Morgan fingerprint density at radius 2 is 1.47 bits per heavy atom. The quantitative estimate of drug-likeness (QED) is 0.813. The van der Waals surface area contributed by atoms with E-state index in [1.165, 1.54) is 12.1 Å². The van der Waals surface area contributed by atoms with Crippen molar-refractivity contribution in [2.75, 3.05) is 13.2 Å². The molecule has 0 radical (unpaired) electrons. The number of rotatable bonds is 6. The first kappa shape index (κ1) is 15.9. The number of halogens is 3. The minimum absolute atomic E-state index is 0.0349. The molecule has 0 amide bonds. The molecule has 0 aliphatic carbocycles. The number of alkyl halides is 3. The lowest BCUT2D eigenvalue weighted by Crippen LogP contribution is -2.38. The van der Waals surface area contributed by atoms with Gasteiger partial charge in [-0.15, -0.1) is 0 Å². The van der Waals surface area contributed by atoms with Gasteiger partial charge in [0.05, 0.1) is 12.0 Å². The maximum atomic E-state index is 12.4. The summed E-state index contributed by atoms with van der Waals surface area (Å²) >= 11 is 0. The molecule has 6 heteroatoms. The van der Waals surface area contributed by atoms with Crippen LogP contribution in [0.1, 0.15) is 25.0 Å². The van der Waals surface area contributed by atoms with Crippen LogP contribution in [0.25, 0.3) is 0 Å². The first-order chi connectivity index (χ1) is 8.80. The minimum Gasteiger partial charge on any atom is -0.343 e. The summed E-state index contributed by atoms with van der Waals surface area (Å²) in [5.74, 6) is -1.80. The lowest BCUT2D eigenvalue weighted by molar-refractivity contribution is -0.356. The van der Waals surface area contributed by atoms with Crippen molar-refractivity contribution in [2.45, 2.75) is 32.4 Å². The zero-order valence-corrected chi connectivity index (χ0v) is 10.8. The van der Waals surface area contributed by atoms with E-state index in [0.717, 1.165) is 12.1 Å². The van der Waals surface area contributed by atoms with E-state index < -0.39 is 17.7 Å². The minimum atomic E-state index is -4.37. The summed E-state index contributed by atoms with van der Waals surface area (Å²) in [5.41, 5.74) is -0.231. The second-order valence-corrected chi connectivity index (χ2v) is 3.95. The smallest absolute Gasteiger partial charge is 0.343 e. The molecule has 1 aromatic rings. The highest BCUT2D eigenvalue weighted by atomic mass is 19.4. The fourth-order valence-corrected chi connectivity index (χ4v) is 1.66. The average Bonchev–Trinajstić information content (AvgIpc) is 2.28. The van der Waals surface area contributed by atoms with Gasteiger partial charge in [0.25, 0.3) is 5.97 Å². The van der Waals surface area contributed by atoms with Crippen LogP contribution in [0.5, 0.6) is 0 Å². The van der Waals surface area contributed by atoms with Crippen LogP contribution in [0.2, 0.25) is 0 Å². The molecule has 3 nitrogen and oxygen atoms in total. The third-order valence-corrected chi connectivity index (χ3v) is 2.45. The van der Waals surface area contributed by atoms with Gasteiger partial charge in [-0.1, -0.05) is 12.1 Å². The Balaban J connectivity index is 2.81. The van der Waals surface area contributed by atoms with Crippen molar-refractivity contribution >= 4 is 0 Å². The van der Waals surface area contributed by atoms with Gasteiger partial charge in [-0.25, -0.2) is 0 Å². The molecule has 0 saturated carbocycles. The maximum Gasteiger partial charge on any atom is 0.416 e. The zero-order chi connectivity index (χ0) is 14.5. The summed E-state index contributed by atoms with van der Waals surface area (Å²) in [5, 5.41) is 10.0. The van der Waals surface area contributed by atoms with E-state index in [-0.39, 0.29) is 19.6 Å². The van der Waals surface area contributed by atoms with Crippen molar-refractivity contribution < 1.29 is 27.8 Å². The molecule has 1 rings (SSSR count). The number of ether oxygens (including phenoxy) is 2. The predicted octanol–water partition coefficient (Wildman–Crippen LogP) is 2.97. The SMILES string of the molecule is CCOC(O)(Cc1ccc(C(F)(F)F)cc1)OCC. The van der Waals surface area contributed by atoms with Crippen molar-refractivity contribution in [2.24, 2.45) is 0 Å². The van der Waals surface area contributed by atoms with Crippen LogP contribution in [0.4, 0.5) is 13.2 Å². The molecule has 0 heterocycles. The summed E-state index contributed by atoms with van der Waals surface area (Å²) in [4.78, 5) is 0. The largest absolute Gasteiger partial charge is 0.416 e. The second-order valence-electron chi connectivity index (χ2n) is 3.95. The average molecular weight is 278 g/mol. The molecule has 0 unspecified atom stereocenters. The fraction of sp³-hybridized carbons (Fsp3) is 0.538. The monoisotopic (exact) mass is 278 g/mol. The van der Waals surface area contributed by atoms with Crippen LogP contribution in [0.3, 0.4) is 0 Å². The Bertz CT molecular complexity index is 381. The molecule has 0 spiro atoms. The van der Waals surface area contributed by atoms with E-state index in [2.05, 4.69) is 0 Å². The summed E-state index contributed by atoms with van der Waals surface area (Å²) in [6, 6.07) is 4.53. The fourth-order valence-electron chi connectivity index (χ4n) is 1.66. The van der Waals surface area contributed by atoms with Crippen molar-refractivity contribution in [1.82, 2.24) is 0 Å². The standard InChI is InChI=1S/C13H17F3O3/c1-3-18-12(17,19-4-2)9-10-5-7-11(8-6-10)13(14,15)16/h5-8,17H,3-4,9H2,1-2H3. The highest BCUT2D eigenvalue weighted by Gasteiger charge is 2.31. The van der Waals surface area contributed by atoms with Gasteiger partial charge in [0.15, 0.2) is 0 Å². The van der Waals surface area contributed by atoms with Crippen molar-refractivity contribution in [3.8, 4) is 0 Å². The molecule has 0 fully saturated rings. The highest BCUT2D eigenvalue weighted by Crippen LogP contribution is 2.29. The molecule has 1 N–H and O–H groups in total. The van der Waals surface area contributed by atoms with Crippen LogP contribution < -0.4 is 0 Å². The maximum absolute atomic E-state index is 12.4. The summed E-state index contributed by atoms with van der Waals surface area (Å²) < 4.78 is 47.4. The Hall–Kier alpha value is -1.11. The van der Waals surface area contributed by atoms with Crippen molar-refractivity contribution in [1.29, 1.82) is 0 Å². The van der Waals surface area contributed by atoms with Crippen LogP contribution in [-0.4, -0.2) is 24.3 Å². The molecule has 0 saturated heterocycles.